The van der Waals surface area contributed by atoms with Crippen molar-refractivity contribution in [2.24, 2.45) is 0 Å². The van der Waals surface area contributed by atoms with Crippen molar-refractivity contribution in [1.82, 2.24) is 5.32 Å². The van der Waals surface area contributed by atoms with Crippen molar-refractivity contribution in [2.75, 3.05) is 19.8 Å². The second-order valence-corrected chi connectivity index (χ2v) is 4.83. The fourth-order valence-electron chi connectivity index (χ4n) is 1.67. The molecule has 1 aromatic carbocycles. The van der Waals surface area contributed by atoms with Gasteiger partial charge in [-0.25, -0.2) is 8.78 Å². The molecule has 8 heteroatoms. The molecule has 1 atom stereocenters. The van der Waals surface area contributed by atoms with E-state index < -0.39 is 30.5 Å². The molecule has 0 aromatic heterocycles. The zero-order chi connectivity index (χ0) is 16.0. The zero-order valence-electron chi connectivity index (χ0n) is 11.2. The monoisotopic (exact) mass is 331 g/mol. The smallest absolute Gasteiger partial charge is 0.370 e. The highest BCUT2D eigenvalue weighted by Crippen LogP contribution is 2.27. The first-order chi connectivity index (χ1) is 9.74. The van der Waals surface area contributed by atoms with E-state index >= 15 is 0 Å². The van der Waals surface area contributed by atoms with E-state index in [9.17, 15) is 22.0 Å². The maximum atomic E-state index is 13.3. The minimum Gasteiger partial charge on any atom is -0.370 e. The average molecular weight is 332 g/mol. The maximum absolute atomic E-state index is 13.3. The summed E-state index contributed by atoms with van der Waals surface area (Å²) < 4.78 is 67.1. The normalized spacial score (nSPS) is 13.5. The Morgan fingerprint density at radius 2 is 1.86 bits per heavy atom. The van der Waals surface area contributed by atoms with Crippen LogP contribution in [0.25, 0.3) is 0 Å². The Bertz CT molecular complexity index is 467. The number of nitrogens with one attached hydrogen (secondary N) is 1. The van der Waals surface area contributed by atoms with Crippen LogP contribution in [-0.2, 0) is 4.74 Å². The predicted molar refractivity (Wildman–Crippen MR) is 69.3 cm³/mol. The lowest BCUT2D eigenvalue weighted by molar-refractivity contribution is -0.175. The molecule has 0 saturated carbocycles. The van der Waals surface area contributed by atoms with Gasteiger partial charge in [0.15, 0.2) is 11.6 Å². The molecule has 21 heavy (non-hydrogen) atoms. The van der Waals surface area contributed by atoms with Crippen molar-refractivity contribution >= 4 is 11.6 Å². The Kier molecular flexibility index (Phi) is 6.83. The van der Waals surface area contributed by atoms with Gasteiger partial charge in [0.25, 0.3) is 0 Å². The highest BCUT2D eigenvalue weighted by atomic mass is 35.5. The molecule has 120 valence electrons. The van der Waals surface area contributed by atoms with E-state index in [2.05, 4.69) is 10.1 Å². The fraction of sp³-hybridized carbons (Fsp3) is 0.538. The van der Waals surface area contributed by atoms with Gasteiger partial charge in [-0.05, 0) is 30.7 Å². The second kappa shape index (κ2) is 7.91. The Morgan fingerprint density at radius 3 is 2.43 bits per heavy atom. The van der Waals surface area contributed by atoms with Crippen LogP contribution >= 0.6 is 11.6 Å². The average Bonchev–Trinajstić information content (AvgIpc) is 2.37. The third-order valence-electron chi connectivity index (χ3n) is 2.61. The van der Waals surface area contributed by atoms with Crippen molar-refractivity contribution in [3.05, 3.63) is 34.4 Å². The largest absolute Gasteiger partial charge is 0.411 e. The van der Waals surface area contributed by atoms with Crippen molar-refractivity contribution < 1.29 is 26.7 Å². The van der Waals surface area contributed by atoms with Crippen molar-refractivity contribution in [3.8, 4) is 0 Å². The maximum Gasteiger partial charge on any atom is 0.411 e. The minimum absolute atomic E-state index is 0.0712. The van der Waals surface area contributed by atoms with E-state index in [-0.39, 0.29) is 17.2 Å². The molecule has 0 radical (unpaired) electrons. The van der Waals surface area contributed by atoms with E-state index in [4.69, 9.17) is 11.6 Å². The van der Waals surface area contributed by atoms with Crippen LogP contribution in [0.15, 0.2) is 12.1 Å². The first-order valence-corrected chi connectivity index (χ1v) is 6.64. The molecule has 1 aromatic rings. The number of alkyl halides is 3. The van der Waals surface area contributed by atoms with Crippen molar-refractivity contribution in [3.63, 3.8) is 0 Å². The van der Waals surface area contributed by atoms with Crippen LogP contribution in [0.3, 0.4) is 0 Å². The lowest BCUT2D eigenvalue weighted by Crippen LogP contribution is -2.29. The van der Waals surface area contributed by atoms with Gasteiger partial charge in [0.05, 0.1) is 12.6 Å². The van der Waals surface area contributed by atoms with Crippen molar-refractivity contribution in [2.45, 2.75) is 25.6 Å². The summed E-state index contributed by atoms with van der Waals surface area (Å²) in [7, 11) is 0. The molecule has 1 unspecified atom stereocenters. The van der Waals surface area contributed by atoms with Crippen LogP contribution in [-0.4, -0.2) is 25.9 Å². The van der Waals surface area contributed by atoms with Gasteiger partial charge in [-0.1, -0.05) is 18.5 Å². The summed E-state index contributed by atoms with van der Waals surface area (Å²) in [4.78, 5) is 0. The molecule has 0 saturated heterocycles. The van der Waals surface area contributed by atoms with Crippen LogP contribution < -0.4 is 5.32 Å². The van der Waals surface area contributed by atoms with E-state index in [1.165, 1.54) is 0 Å². The minimum atomic E-state index is -4.45. The summed E-state index contributed by atoms with van der Waals surface area (Å²) in [5.74, 6) is -2.23. The Labute approximate surface area is 124 Å². The Hall–Kier alpha value is -0.920. The predicted octanol–water partition coefficient (Wildman–Crippen LogP) is 4.24. The zero-order valence-corrected chi connectivity index (χ0v) is 12.0. The second-order valence-electron chi connectivity index (χ2n) is 4.42. The van der Waals surface area contributed by atoms with Crippen LogP contribution in [0.4, 0.5) is 22.0 Å². The molecule has 0 aliphatic heterocycles. The van der Waals surface area contributed by atoms with Gasteiger partial charge in [-0.2, -0.15) is 13.2 Å². The molecule has 0 heterocycles. The molecule has 0 aliphatic carbocycles. The number of rotatable bonds is 7. The molecular weight excluding hydrogens is 317 g/mol. The first-order valence-electron chi connectivity index (χ1n) is 6.27. The first kappa shape index (κ1) is 18.1. The van der Waals surface area contributed by atoms with Gasteiger partial charge in [0, 0.05) is 5.02 Å². The fourth-order valence-corrected chi connectivity index (χ4v) is 1.96. The quantitative estimate of drug-likeness (QED) is 0.596. The summed E-state index contributed by atoms with van der Waals surface area (Å²) in [6, 6.07) is 0.897. The van der Waals surface area contributed by atoms with Gasteiger partial charge >= 0.3 is 6.18 Å². The standard InChI is InChI=1S/C13H15ClF5NO/c1-2-3-20-12(6-21-7-13(17,18)19)8-4-10(15)11(16)5-9(8)14/h4-5,12,20H,2-3,6-7H2,1H3. The summed E-state index contributed by atoms with van der Waals surface area (Å²) in [5.41, 5.74) is 0.159. The summed E-state index contributed by atoms with van der Waals surface area (Å²) in [5, 5.41) is 2.82. The number of benzene rings is 1. The number of hydrogen-bond donors (Lipinski definition) is 1. The van der Waals surface area contributed by atoms with E-state index in [0.717, 1.165) is 12.1 Å². The van der Waals surface area contributed by atoms with Gasteiger partial charge in [0.1, 0.15) is 6.61 Å². The molecule has 0 spiro atoms. The molecule has 1 N–H and O–H groups in total. The van der Waals surface area contributed by atoms with Gasteiger partial charge in [-0.15, -0.1) is 0 Å². The lowest BCUT2D eigenvalue weighted by Gasteiger charge is -2.21. The van der Waals surface area contributed by atoms with Crippen LogP contribution in [0.5, 0.6) is 0 Å². The highest BCUT2D eigenvalue weighted by molar-refractivity contribution is 6.31. The van der Waals surface area contributed by atoms with E-state index in [1.54, 1.807) is 0 Å². The molecule has 1 rings (SSSR count). The molecule has 0 amide bonds. The lowest BCUT2D eigenvalue weighted by atomic mass is 10.1. The van der Waals surface area contributed by atoms with Crippen LogP contribution in [0.1, 0.15) is 24.9 Å². The van der Waals surface area contributed by atoms with Crippen LogP contribution in [0, 0.1) is 11.6 Å². The number of ether oxygens (including phenoxy) is 1. The van der Waals surface area contributed by atoms with Crippen molar-refractivity contribution in [1.29, 1.82) is 0 Å². The third kappa shape index (κ3) is 6.15. The van der Waals surface area contributed by atoms with Gasteiger partial charge in [-0.3, -0.25) is 0 Å². The van der Waals surface area contributed by atoms with E-state index in [1.807, 2.05) is 6.92 Å². The number of halogens is 6. The van der Waals surface area contributed by atoms with Crippen LogP contribution in [0.2, 0.25) is 5.02 Å². The summed E-state index contributed by atoms with van der Waals surface area (Å²) in [6.07, 6.45) is -3.75. The molecule has 0 aliphatic rings. The summed E-state index contributed by atoms with van der Waals surface area (Å²) in [6.45, 7) is 0.547. The SMILES string of the molecule is CCCNC(COCC(F)(F)F)c1cc(F)c(F)cc1Cl. The van der Waals surface area contributed by atoms with Gasteiger partial charge < -0.3 is 10.1 Å². The Morgan fingerprint density at radius 1 is 1.24 bits per heavy atom. The van der Waals surface area contributed by atoms with Gasteiger partial charge in [0.2, 0.25) is 0 Å². The van der Waals surface area contributed by atoms with E-state index in [0.29, 0.717) is 13.0 Å². The molecule has 0 fully saturated rings. The molecule has 0 bridgehead atoms. The molecule has 2 nitrogen and oxygen atoms in total. The summed E-state index contributed by atoms with van der Waals surface area (Å²) >= 11 is 5.82. The Balaban J connectivity index is 2.84. The molecular formula is C13H15ClF5NO. The topological polar surface area (TPSA) is 21.3 Å². The highest BCUT2D eigenvalue weighted by Gasteiger charge is 2.28. The number of hydrogen-bond acceptors (Lipinski definition) is 2. The third-order valence-corrected chi connectivity index (χ3v) is 2.93.